The fourth-order valence-electron chi connectivity index (χ4n) is 3.25. The van der Waals surface area contributed by atoms with Crippen LogP contribution in [-0.4, -0.2) is 18.6 Å². The smallest absolute Gasteiger partial charge is 0.122 e. The first-order valence-electron chi connectivity index (χ1n) is 8.52. The molecule has 1 N–H and O–H groups in total. The molecule has 0 amide bonds. The van der Waals surface area contributed by atoms with Gasteiger partial charge < -0.3 is 10.1 Å². The molecule has 120 valence electrons. The molecule has 3 nitrogen and oxygen atoms in total. The Labute approximate surface area is 133 Å². The van der Waals surface area contributed by atoms with Gasteiger partial charge in [-0.05, 0) is 38.1 Å². The molecule has 0 aromatic carbocycles. The topological polar surface area (TPSA) is 34.1 Å². The summed E-state index contributed by atoms with van der Waals surface area (Å²) in [6.45, 7) is 6.43. The van der Waals surface area contributed by atoms with Crippen LogP contribution in [0.2, 0.25) is 0 Å². The Hall–Kier alpha value is -0.450. The van der Waals surface area contributed by atoms with Crippen molar-refractivity contribution in [1.82, 2.24) is 10.3 Å². The number of hydrogen-bond donors (Lipinski definition) is 1. The van der Waals surface area contributed by atoms with Crippen molar-refractivity contribution in [3.05, 3.63) is 15.6 Å². The number of rotatable bonds is 8. The maximum absolute atomic E-state index is 5.84. The van der Waals surface area contributed by atoms with Gasteiger partial charge in [-0.15, -0.1) is 11.3 Å². The summed E-state index contributed by atoms with van der Waals surface area (Å²) in [5, 5.41) is 4.71. The van der Waals surface area contributed by atoms with Crippen molar-refractivity contribution in [1.29, 1.82) is 0 Å². The first kappa shape index (κ1) is 16.9. The molecule has 1 heterocycles. The summed E-state index contributed by atoms with van der Waals surface area (Å²) in [6, 6.07) is 0. The predicted octanol–water partition coefficient (Wildman–Crippen LogP) is 4.47. The lowest BCUT2D eigenvalue weighted by Gasteiger charge is -2.27. The maximum atomic E-state index is 5.84. The van der Waals surface area contributed by atoms with Crippen LogP contribution in [0.4, 0.5) is 0 Å². The average Bonchev–Trinajstić information content (AvgIpc) is 2.92. The van der Waals surface area contributed by atoms with Crippen molar-refractivity contribution >= 4 is 11.3 Å². The van der Waals surface area contributed by atoms with Gasteiger partial charge in [-0.2, -0.15) is 0 Å². The number of hydrogen-bond acceptors (Lipinski definition) is 4. The van der Waals surface area contributed by atoms with Gasteiger partial charge in [-0.25, -0.2) is 4.98 Å². The van der Waals surface area contributed by atoms with Crippen molar-refractivity contribution in [2.45, 2.75) is 71.4 Å². The van der Waals surface area contributed by atoms with Gasteiger partial charge in [-0.1, -0.05) is 33.1 Å². The molecule has 1 fully saturated rings. The SMILES string of the molecule is CCCNCc1sc(C(OC)C2CCCCC2)nc1CC. The third kappa shape index (κ3) is 4.51. The molecule has 1 aromatic heterocycles. The molecule has 21 heavy (non-hydrogen) atoms. The lowest BCUT2D eigenvalue weighted by Crippen LogP contribution is -2.17. The van der Waals surface area contributed by atoms with Crippen molar-refractivity contribution in [2.24, 2.45) is 5.92 Å². The molecule has 2 rings (SSSR count). The molecule has 1 aromatic rings. The third-order valence-corrected chi connectivity index (χ3v) is 5.58. The first-order valence-corrected chi connectivity index (χ1v) is 9.33. The van der Waals surface area contributed by atoms with Crippen LogP contribution in [0.3, 0.4) is 0 Å². The lowest BCUT2D eigenvalue weighted by atomic mass is 9.85. The molecule has 1 unspecified atom stereocenters. The van der Waals surface area contributed by atoms with E-state index in [0.29, 0.717) is 5.92 Å². The van der Waals surface area contributed by atoms with Crippen LogP contribution >= 0.6 is 11.3 Å². The van der Waals surface area contributed by atoms with E-state index in [-0.39, 0.29) is 6.10 Å². The Morgan fingerprint density at radius 2 is 2.05 bits per heavy atom. The Bertz CT molecular complexity index is 413. The van der Waals surface area contributed by atoms with Crippen molar-refractivity contribution < 1.29 is 4.74 Å². The fourth-order valence-corrected chi connectivity index (χ4v) is 4.55. The van der Waals surface area contributed by atoms with Crippen molar-refractivity contribution in [2.75, 3.05) is 13.7 Å². The predicted molar refractivity (Wildman–Crippen MR) is 89.8 cm³/mol. The maximum Gasteiger partial charge on any atom is 0.122 e. The van der Waals surface area contributed by atoms with E-state index in [0.717, 1.165) is 19.5 Å². The molecule has 1 aliphatic carbocycles. The Balaban J connectivity index is 2.09. The van der Waals surface area contributed by atoms with Gasteiger partial charge in [0.15, 0.2) is 0 Å². The van der Waals surface area contributed by atoms with Crippen LogP contribution in [0.5, 0.6) is 0 Å². The molecule has 1 atom stereocenters. The molecule has 1 saturated carbocycles. The van der Waals surface area contributed by atoms with Gasteiger partial charge in [-0.3, -0.25) is 0 Å². The lowest BCUT2D eigenvalue weighted by molar-refractivity contribution is 0.0351. The van der Waals surface area contributed by atoms with E-state index in [1.807, 2.05) is 18.4 Å². The summed E-state index contributed by atoms with van der Waals surface area (Å²) in [7, 11) is 1.85. The molecule has 0 saturated heterocycles. The monoisotopic (exact) mass is 310 g/mol. The van der Waals surface area contributed by atoms with Crippen molar-refractivity contribution in [3.8, 4) is 0 Å². The van der Waals surface area contributed by atoms with E-state index in [4.69, 9.17) is 9.72 Å². The van der Waals surface area contributed by atoms with Gasteiger partial charge >= 0.3 is 0 Å². The normalized spacial score (nSPS) is 18.0. The van der Waals surface area contributed by atoms with Gasteiger partial charge in [0.1, 0.15) is 11.1 Å². The Morgan fingerprint density at radius 3 is 2.67 bits per heavy atom. The Morgan fingerprint density at radius 1 is 1.29 bits per heavy atom. The quantitative estimate of drug-likeness (QED) is 0.719. The molecule has 0 spiro atoms. The molecule has 1 aliphatic rings. The van der Waals surface area contributed by atoms with Gasteiger partial charge in [0.05, 0.1) is 5.69 Å². The molecule has 4 heteroatoms. The summed E-state index contributed by atoms with van der Waals surface area (Å²) in [5.74, 6) is 0.663. The number of aryl methyl sites for hydroxylation is 1. The van der Waals surface area contributed by atoms with E-state index in [2.05, 4.69) is 19.2 Å². The highest BCUT2D eigenvalue weighted by atomic mass is 32.1. The van der Waals surface area contributed by atoms with Gasteiger partial charge in [0.25, 0.3) is 0 Å². The van der Waals surface area contributed by atoms with E-state index >= 15 is 0 Å². The minimum absolute atomic E-state index is 0.209. The molecular formula is C17H30N2OS. The zero-order valence-electron chi connectivity index (χ0n) is 13.8. The highest BCUT2D eigenvalue weighted by Crippen LogP contribution is 2.38. The summed E-state index contributed by atoms with van der Waals surface area (Å²) in [4.78, 5) is 6.31. The van der Waals surface area contributed by atoms with Crippen molar-refractivity contribution in [3.63, 3.8) is 0 Å². The summed E-state index contributed by atoms with van der Waals surface area (Å²) in [5.41, 5.74) is 1.26. The van der Waals surface area contributed by atoms with Crippen LogP contribution < -0.4 is 5.32 Å². The third-order valence-electron chi connectivity index (χ3n) is 4.42. The van der Waals surface area contributed by atoms with Gasteiger partial charge in [0.2, 0.25) is 0 Å². The van der Waals surface area contributed by atoms with E-state index in [1.54, 1.807) is 0 Å². The highest BCUT2D eigenvalue weighted by Gasteiger charge is 2.28. The van der Waals surface area contributed by atoms with E-state index in [1.165, 1.54) is 54.1 Å². The minimum atomic E-state index is 0.209. The number of thiazole rings is 1. The van der Waals surface area contributed by atoms with Crippen LogP contribution in [0.1, 0.15) is 74.1 Å². The number of aromatic nitrogens is 1. The molecular weight excluding hydrogens is 280 g/mol. The van der Waals surface area contributed by atoms with Crippen LogP contribution in [0.25, 0.3) is 0 Å². The van der Waals surface area contributed by atoms with E-state index < -0.39 is 0 Å². The summed E-state index contributed by atoms with van der Waals surface area (Å²) in [6.07, 6.45) is 9.07. The second-order valence-corrected chi connectivity index (χ2v) is 7.12. The molecule has 0 aliphatic heterocycles. The summed E-state index contributed by atoms with van der Waals surface area (Å²) < 4.78 is 5.84. The van der Waals surface area contributed by atoms with E-state index in [9.17, 15) is 0 Å². The van der Waals surface area contributed by atoms with Crippen LogP contribution in [-0.2, 0) is 17.7 Å². The highest BCUT2D eigenvalue weighted by molar-refractivity contribution is 7.11. The first-order chi connectivity index (χ1) is 10.3. The van der Waals surface area contributed by atoms with Gasteiger partial charge in [0, 0.05) is 18.5 Å². The second-order valence-electron chi connectivity index (χ2n) is 6.01. The van der Waals surface area contributed by atoms with Crippen LogP contribution in [0, 0.1) is 5.92 Å². The average molecular weight is 311 g/mol. The molecule has 0 bridgehead atoms. The zero-order valence-corrected chi connectivity index (χ0v) is 14.6. The number of nitrogens with zero attached hydrogens (tertiary/aromatic N) is 1. The number of methoxy groups -OCH3 is 1. The molecule has 0 radical (unpaired) electrons. The second kappa shape index (κ2) is 8.86. The van der Waals surface area contributed by atoms with Crippen LogP contribution in [0.15, 0.2) is 0 Å². The Kier molecular flexibility index (Phi) is 7.14. The minimum Gasteiger partial charge on any atom is -0.374 e. The zero-order chi connectivity index (χ0) is 15.1. The number of ether oxygens (including phenoxy) is 1. The largest absolute Gasteiger partial charge is 0.374 e. The standard InChI is InChI=1S/C17H30N2OS/c1-4-11-18-12-15-14(5-2)19-17(21-15)16(20-3)13-9-7-6-8-10-13/h13,16,18H,4-12H2,1-3H3. The number of nitrogens with one attached hydrogen (secondary N) is 1. The summed E-state index contributed by atoms with van der Waals surface area (Å²) >= 11 is 1.86. The fraction of sp³-hybridized carbons (Fsp3) is 0.824.